The Hall–Kier alpha value is 0.440. The van der Waals surface area contributed by atoms with Crippen LogP contribution in [0.25, 0.3) is 0 Å². The Labute approximate surface area is 130 Å². The van der Waals surface area contributed by atoms with Crippen LogP contribution in [0.3, 0.4) is 0 Å². The minimum Gasteiger partial charge on any atom is -0.306 e. The molecule has 0 aromatic rings. The second-order valence-corrected chi connectivity index (χ2v) is 6.86. The van der Waals surface area contributed by atoms with Crippen LogP contribution in [0.4, 0.5) is 0 Å². The fraction of sp³-hybridized carbons (Fsp3) is 1.00. The molecule has 0 radical (unpaired) electrons. The maximum Gasteiger partial charge on any atom is 0.00894 e. The normalized spacial score (nSPS) is 13.1. The summed E-state index contributed by atoms with van der Waals surface area (Å²) in [6.07, 6.45) is 16.9. The van der Waals surface area contributed by atoms with Gasteiger partial charge >= 0.3 is 0 Å². The first-order chi connectivity index (χ1) is 9.22. The summed E-state index contributed by atoms with van der Waals surface area (Å²) in [4.78, 5) is 2.41. The van der Waals surface area contributed by atoms with Crippen LogP contribution < -0.4 is 0 Å². The summed E-state index contributed by atoms with van der Waals surface area (Å²) in [6, 6.07) is 0.794. The van der Waals surface area contributed by atoms with E-state index in [1.807, 2.05) is 0 Å². The Bertz CT molecular complexity index is 171. The molecule has 0 amide bonds. The molecule has 0 heterocycles. The zero-order chi connectivity index (χ0) is 14.3. The number of hydrogen-bond donors (Lipinski definition) is 0. The van der Waals surface area contributed by atoms with Crippen LogP contribution in [0.5, 0.6) is 0 Å². The highest BCUT2D eigenvalue weighted by molar-refractivity contribution is 9.09. The monoisotopic (exact) mass is 333 g/mol. The van der Waals surface area contributed by atoms with Gasteiger partial charge in [-0.2, -0.15) is 0 Å². The van der Waals surface area contributed by atoms with Crippen LogP contribution >= 0.6 is 15.9 Å². The molecule has 1 unspecified atom stereocenters. The van der Waals surface area contributed by atoms with Gasteiger partial charge in [-0.05, 0) is 33.4 Å². The van der Waals surface area contributed by atoms with Crippen molar-refractivity contribution in [1.82, 2.24) is 4.90 Å². The Morgan fingerprint density at radius 3 is 1.68 bits per heavy atom. The average Bonchev–Trinajstić information content (AvgIpc) is 2.39. The van der Waals surface area contributed by atoms with E-state index < -0.39 is 0 Å². The predicted octanol–water partition coefficient (Wildman–Crippen LogP) is 6.01. The third-order valence-corrected chi connectivity index (χ3v) is 4.60. The van der Waals surface area contributed by atoms with Gasteiger partial charge in [-0.3, -0.25) is 0 Å². The zero-order valence-corrected chi connectivity index (χ0v) is 15.2. The van der Waals surface area contributed by atoms with E-state index >= 15 is 0 Å². The van der Waals surface area contributed by atoms with Gasteiger partial charge in [0, 0.05) is 11.4 Å². The lowest BCUT2D eigenvalue weighted by molar-refractivity contribution is 0.256. The quantitative estimate of drug-likeness (QED) is 0.278. The maximum atomic E-state index is 3.54. The topological polar surface area (TPSA) is 3.24 Å². The molecule has 1 atom stereocenters. The molecule has 0 aliphatic carbocycles. The minimum absolute atomic E-state index is 0.794. The van der Waals surface area contributed by atoms with Gasteiger partial charge in [0.2, 0.25) is 0 Å². The van der Waals surface area contributed by atoms with Crippen molar-refractivity contribution in [2.75, 3.05) is 19.4 Å². The molecule has 0 aliphatic rings. The fourth-order valence-electron chi connectivity index (χ4n) is 2.66. The Kier molecular flexibility index (Phi) is 15.2. The molecule has 0 aromatic carbocycles. The molecule has 19 heavy (non-hydrogen) atoms. The van der Waals surface area contributed by atoms with Crippen molar-refractivity contribution in [3.8, 4) is 0 Å². The third-order valence-electron chi connectivity index (χ3n) is 4.04. The van der Waals surface area contributed by atoms with Gasteiger partial charge in [0.05, 0.1) is 0 Å². The zero-order valence-electron chi connectivity index (χ0n) is 13.6. The van der Waals surface area contributed by atoms with Crippen molar-refractivity contribution < 1.29 is 0 Å². The summed E-state index contributed by atoms with van der Waals surface area (Å²) in [5.41, 5.74) is 0. The summed E-state index contributed by atoms with van der Waals surface area (Å²) in [5, 5.41) is 1.15. The van der Waals surface area contributed by atoms with Crippen molar-refractivity contribution in [1.29, 1.82) is 0 Å². The van der Waals surface area contributed by atoms with Crippen molar-refractivity contribution in [2.45, 2.75) is 90.0 Å². The maximum absolute atomic E-state index is 3.54. The van der Waals surface area contributed by atoms with Gasteiger partial charge in [-0.15, -0.1) is 0 Å². The molecule has 0 aliphatic heterocycles. The van der Waals surface area contributed by atoms with E-state index in [1.54, 1.807) is 0 Å². The van der Waals surface area contributed by atoms with Gasteiger partial charge in [0.15, 0.2) is 0 Å². The van der Waals surface area contributed by atoms with Crippen LogP contribution in [-0.4, -0.2) is 30.4 Å². The first kappa shape index (κ1) is 19.4. The molecular formula is C17H36BrN. The molecule has 0 N–H and O–H groups in total. The van der Waals surface area contributed by atoms with Crippen LogP contribution in [-0.2, 0) is 0 Å². The van der Waals surface area contributed by atoms with Gasteiger partial charge in [-0.25, -0.2) is 0 Å². The van der Waals surface area contributed by atoms with E-state index in [2.05, 4.69) is 41.8 Å². The summed E-state index contributed by atoms with van der Waals surface area (Å²) in [5.74, 6) is 0. The molecule has 116 valence electrons. The summed E-state index contributed by atoms with van der Waals surface area (Å²) in [7, 11) is 4.46. The minimum atomic E-state index is 0.794. The van der Waals surface area contributed by atoms with Crippen LogP contribution in [0, 0.1) is 0 Å². The lowest BCUT2D eigenvalue weighted by atomic mass is 10.0. The Morgan fingerprint density at radius 2 is 1.21 bits per heavy atom. The molecule has 0 bridgehead atoms. The van der Waals surface area contributed by atoms with Crippen LogP contribution in [0.2, 0.25) is 0 Å². The molecular weight excluding hydrogens is 298 g/mol. The van der Waals surface area contributed by atoms with Gasteiger partial charge in [-0.1, -0.05) is 80.6 Å². The summed E-state index contributed by atoms with van der Waals surface area (Å²) >= 11 is 3.54. The van der Waals surface area contributed by atoms with E-state index in [4.69, 9.17) is 0 Å². The van der Waals surface area contributed by atoms with Crippen LogP contribution in [0.15, 0.2) is 0 Å². The molecule has 0 spiro atoms. The standard InChI is InChI=1S/C17H36BrN/c1-4-5-6-7-8-9-10-11-12-14-17(19(2)3)15-13-16-18/h17H,4-16H2,1-3H3. The Morgan fingerprint density at radius 1 is 0.737 bits per heavy atom. The fourth-order valence-corrected chi connectivity index (χ4v) is 2.99. The molecule has 0 rings (SSSR count). The average molecular weight is 334 g/mol. The third kappa shape index (κ3) is 13.2. The largest absolute Gasteiger partial charge is 0.306 e. The molecule has 0 saturated heterocycles. The lowest BCUT2D eigenvalue weighted by Gasteiger charge is -2.24. The number of nitrogens with zero attached hydrogens (tertiary/aromatic N) is 1. The lowest BCUT2D eigenvalue weighted by Crippen LogP contribution is -2.27. The highest BCUT2D eigenvalue weighted by Crippen LogP contribution is 2.15. The predicted molar refractivity (Wildman–Crippen MR) is 92.3 cm³/mol. The Balaban J connectivity index is 3.34. The van der Waals surface area contributed by atoms with Crippen molar-refractivity contribution in [3.63, 3.8) is 0 Å². The number of halogens is 1. The smallest absolute Gasteiger partial charge is 0.00894 e. The molecule has 0 fully saturated rings. The van der Waals surface area contributed by atoms with Crippen molar-refractivity contribution >= 4 is 15.9 Å². The van der Waals surface area contributed by atoms with E-state index in [9.17, 15) is 0 Å². The number of alkyl halides is 1. The highest BCUT2D eigenvalue weighted by Gasteiger charge is 2.09. The van der Waals surface area contributed by atoms with Gasteiger partial charge < -0.3 is 4.90 Å². The highest BCUT2D eigenvalue weighted by atomic mass is 79.9. The van der Waals surface area contributed by atoms with Crippen LogP contribution in [0.1, 0.15) is 84.0 Å². The number of unbranched alkanes of at least 4 members (excludes halogenated alkanes) is 8. The number of hydrogen-bond acceptors (Lipinski definition) is 1. The summed E-state index contributed by atoms with van der Waals surface area (Å²) in [6.45, 7) is 2.29. The first-order valence-electron chi connectivity index (χ1n) is 8.44. The van der Waals surface area contributed by atoms with E-state index in [-0.39, 0.29) is 0 Å². The molecule has 0 aromatic heterocycles. The number of rotatable bonds is 14. The van der Waals surface area contributed by atoms with Gasteiger partial charge in [0.25, 0.3) is 0 Å². The molecule has 0 saturated carbocycles. The SMILES string of the molecule is CCCCCCCCCCCC(CCCBr)N(C)C. The second kappa shape index (κ2) is 14.8. The van der Waals surface area contributed by atoms with Gasteiger partial charge in [0.1, 0.15) is 0 Å². The van der Waals surface area contributed by atoms with Crippen molar-refractivity contribution in [3.05, 3.63) is 0 Å². The molecule has 1 nitrogen and oxygen atoms in total. The van der Waals surface area contributed by atoms with E-state index in [0.29, 0.717) is 0 Å². The van der Waals surface area contributed by atoms with E-state index in [0.717, 1.165) is 11.4 Å². The molecule has 2 heteroatoms. The first-order valence-corrected chi connectivity index (χ1v) is 9.56. The second-order valence-electron chi connectivity index (χ2n) is 6.07. The summed E-state index contributed by atoms with van der Waals surface area (Å²) < 4.78 is 0. The van der Waals surface area contributed by atoms with Crippen molar-refractivity contribution in [2.24, 2.45) is 0 Å². The van der Waals surface area contributed by atoms with E-state index in [1.165, 1.54) is 77.0 Å².